The number of aliphatic hydroxyl groups excluding tert-OH is 2. The molecular weight excluding hydrogens is 256 g/mol. The Morgan fingerprint density at radius 2 is 1.84 bits per heavy atom. The van der Waals surface area contributed by atoms with Crippen molar-refractivity contribution in [2.75, 3.05) is 19.8 Å². The molecule has 0 saturated carbocycles. The molecule has 1 aromatic rings. The maximum absolute atomic E-state index is 11.6. The predicted octanol–water partition coefficient (Wildman–Crippen LogP) is -0.566. The SMILES string of the molecule is NC(CO)(CO)COC(=O)c1ccc([N+](=O)[O-])cc1. The molecule has 0 unspecified atom stereocenters. The summed E-state index contributed by atoms with van der Waals surface area (Å²) >= 11 is 0. The van der Waals surface area contributed by atoms with E-state index in [4.69, 9.17) is 20.7 Å². The van der Waals surface area contributed by atoms with Crippen molar-refractivity contribution in [1.29, 1.82) is 0 Å². The zero-order chi connectivity index (χ0) is 14.5. The monoisotopic (exact) mass is 270 g/mol. The number of nitrogens with zero attached hydrogens (tertiary/aromatic N) is 1. The van der Waals surface area contributed by atoms with E-state index in [1.54, 1.807) is 0 Å². The molecule has 0 aliphatic rings. The molecule has 0 atom stereocenters. The quantitative estimate of drug-likeness (QED) is 0.358. The van der Waals surface area contributed by atoms with Crippen LogP contribution >= 0.6 is 0 Å². The highest BCUT2D eigenvalue weighted by Gasteiger charge is 2.25. The Balaban J connectivity index is 2.66. The molecule has 1 aromatic carbocycles. The Morgan fingerprint density at radius 3 is 2.26 bits per heavy atom. The van der Waals surface area contributed by atoms with Crippen molar-refractivity contribution in [3.63, 3.8) is 0 Å². The van der Waals surface area contributed by atoms with Crippen LogP contribution in [0.1, 0.15) is 10.4 Å². The molecule has 8 nitrogen and oxygen atoms in total. The lowest BCUT2D eigenvalue weighted by Gasteiger charge is -2.23. The molecule has 0 radical (unpaired) electrons. The van der Waals surface area contributed by atoms with Gasteiger partial charge in [0.05, 0.1) is 29.2 Å². The van der Waals surface area contributed by atoms with Gasteiger partial charge in [-0.1, -0.05) is 0 Å². The van der Waals surface area contributed by atoms with E-state index < -0.39 is 29.6 Å². The van der Waals surface area contributed by atoms with Gasteiger partial charge in [-0.25, -0.2) is 4.79 Å². The number of ether oxygens (including phenoxy) is 1. The Labute approximate surface area is 108 Å². The maximum atomic E-state index is 11.6. The van der Waals surface area contributed by atoms with Gasteiger partial charge in [0.1, 0.15) is 6.61 Å². The molecule has 0 spiro atoms. The lowest BCUT2D eigenvalue weighted by molar-refractivity contribution is -0.384. The lowest BCUT2D eigenvalue weighted by atomic mass is 10.1. The van der Waals surface area contributed by atoms with Crippen LogP contribution in [0.15, 0.2) is 24.3 Å². The first-order chi connectivity index (χ1) is 8.91. The summed E-state index contributed by atoms with van der Waals surface area (Å²) in [6.07, 6.45) is 0. The third-order valence-corrected chi connectivity index (χ3v) is 2.43. The minimum absolute atomic E-state index is 0.115. The van der Waals surface area contributed by atoms with Gasteiger partial charge in [-0.15, -0.1) is 0 Å². The van der Waals surface area contributed by atoms with E-state index in [1.165, 1.54) is 24.3 Å². The summed E-state index contributed by atoms with van der Waals surface area (Å²) in [5.74, 6) is -0.744. The average molecular weight is 270 g/mol. The van der Waals surface area contributed by atoms with Gasteiger partial charge in [-0.2, -0.15) is 0 Å². The van der Waals surface area contributed by atoms with Crippen LogP contribution in [0.2, 0.25) is 0 Å². The number of nitrogens with two attached hydrogens (primary N) is 1. The van der Waals surface area contributed by atoms with Crippen LogP contribution in [0.3, 0.4) is 0 Å². The van der Waals surface area contributed by atoms with Crippen LogP contribution in [0.25, 0.3) is 0 Å². The van der Waals surface area contributed by atoms with Crippen molar-refractivity contribution in [2.45, 2.75) is 5.54 Å². The maximum Gasteiger partial charge on any atom is 0.338 e. The molecule has 0 amide bonds. The summed E-state index contributed by atoms with van der Waals surface area (Å²) in [6.45, 7) is -1.45. The van der Waals surface area contributed by atoms with Crippen molar-refractivity contribution in [2.24, 2.45) is 5.73 Å². The van der Waals surface area contributed by atoms with Gasteiger partial charge in [-0.3, -0.25) is 10.1 Å². The molecule has 0 aliphatic carbocycles. The number of hydrogen-bond acceptors (Lipinski definition) is 7. The zero-order valence-electron chi connectivity index (χ0n) is 9.98. The second kappa shape index (κ2) is 6.23. The van der Waals surface area contributed by atoms with Crippen LogP contribution in [-0.2, 0) is 4.74 Å². The number of carbonyl (C=O) groups is 1. The van der Waals surface area contributed by atoms with Crippen molar-refractivity contribution in [1.82, 2.24) is 0 Å². The number of rotatable bonds is 6. The van der Waals surface area contributed by atoms with Crippen LogP contribution in [0.5, 0.6) is 0 Å². The molecule has 0 aliphatic heterocycles. The lowest BCUT2D eigenvalue weighted by Crippen LogP contribution is -2.51. The highest BCUT2D eigenvalue weighted by Crippen LogP contribution is 2.13. The molecule has 0 aromatic heterocycles. The number of carbonyl (C=O) groups excluding carboxylic acids is 1. The molecule has 0 heterocycles. The fourth-order valence-electron chi connectivity index (χ4n) is 1.15. The average Bonchev–Trinajstić information content (AvgIpc) is 2.44. The zero-order valence-corrected chi connectivity index (χ0v) is 9.98. The minimum atomic E-state index is -1.41. The van der Waals surface area contributed by atoms with Crippen molar-refractivity contribution in [3.05, 3.63) is 39.9 Å². The molecule has 0 bridgehead atoms. The highest BCUT2D eigenvalue weighted by molar-refractivity contribution is 5.89. The predicted molar refractivity (Wildman–Crippen MR) is 64.5 cm³/mol. The molecule has 1 rings (SSSR count). The molecule has 104 valence electrons. The van der Waals surface area contributed by atoms with Gasteiger partial charge in [0.15, 0.2) is 0 Å². The topological polar surface area (TPSA) is 136 Å². The number of nitro groups is 1. The van der Waals surface area contributed by atoms with Crippen molar-refractivity contribution < 1.29 is 24.7 Å². The van der Waals surface area contributed by atoms with Crippen molar-refractivity contribution in [3.8, 4) is 0 Å². The molecule has 0 saturated heterocycles. The Hall–Kier alpha value is -2.03. The Kier molecular flexibility index (Phi) is 4.93. The Bertz CT molecular complexity index is 455. The highest BCUT2D eigenvalue weighted by atomic mass is 16.6. The summed E-state index contributed by atoms with van der Waals surface area (Å²) in [4.78, 5) is 21.4. The van der Waals surface area contributed by atoms with Gasteiger partial charge in [0.2, 0.25) is 0 Å². The molecule has 8 heteroatoms. The molecule has 0 fully saturated rings. The number of aliphatic hydroxyl groups is 2. The first-order valence-electron chi connectivity index (χ1n) is 5.34. The van der Waals surface area contributed by atoms with Gasteiger partial charge in [-0.05, 0) is 12.1 Å². The van der Waals surface area contributed by atoms with Crippen LogP contribution in [0, 0.1) is 10.1 Å². The fourth-order valence-corrected chi connectivity index (χ4v) is 1.15. The molecule has 4 N–H and O–H groups in total. The van der Waals surface area contributed by atoms with Gasteiger partial charge in [0.25, 0.3) is 5.69 Å². The summed E-state index contributed by atoms with van der Waals surface area (Å²) in [7, 11) is 0. The summed E-state index contributed by atoms with van der Waals surface area (Å²) < 4.78 is 4.82. The van der Waals surface area contributed by atoms with E-state index in [0.29, 0.717) is 0 Å². The smallest absolute Gasteiger partial charge is 0.338 e. The summed E-state index contributed by atoms with van der Waals surface area (Å²) in [6, 6.07) is 4.84. The van der Waals surface area contributed by atoms with E-state index >= 15 is 0 Å². The van der Waals surface area contributed by atoms with Crippen LogP contribution in [0.4, 0.5) is 5.69 Å². The molecular formula is C11H14N2O6. The normalized spacial score (nSPS) is 11.1. The van der Waals surface area contributed by atoms with E-state index in [0.717, 1.165) is 0 Å². The third kappa shape index (κ3) is 3.98. The largest absolute Gasteiger partial charge is 0.460 e. The van der Waals surface area contributed by atoms with E-state index in [-0.39, 0.29) is 17.9 Å². The number of non-ortho nitro benzene ring substituents is 1. The first kappa shape index (κ1) is 15.0. The standard InChI is InChI=1S/C11H14N2O6/c12-11(5-14,6-15)7-19-10(16)8-1-3-9(4-2-8)13(17)18/h1-4,14-15H,5-7,12H2. The number of nitro benzene ring substituents is 1. The number of benzene rings is 1. The van der Waals surface area contributed by atoms with Gasteiger partial charge >= 0.3 is 5.97 Å². The Morgan fingerprint density at radius 1 is 1.32 bits per heavy atom. The van der Waals surface area contributed by atoms with E-state index in [1.807, 2.05) is 0 Å². The number of esters is 1. The van der Waals surface area contributed by atoms with E-state index in [9.17, 15) is 14.9 Å². The fraction of sp³-hybridized carbons (Fsp3) is 0.364. The molecule has 19 heavy (non-hydrogen) atoms. The second-order valence-electron chi connectivity index (χ2n) is 4.06. The third-order valence-electron chi connectivity index (χ3n) is 2.43. The summed E-state index contributed by atoms with van der Waals surface area (Å²) in [5, 5.41) is 28.3. The number of hydrogen-bond donors (Lipinski definition) is 3. The van der Waals surface area contributed by atoms with Crippen LogP contribution < -0.4 is 5.73 Å². The first-order valence-corrected chi connectivity index (χ1v) is 5.34. The van der Waals surface area contributed by atoms with Crippen LogP contribution in [-0.4, -0.2) is 46.5 Å². The second-order valence-corrected chi connectivity index (χ2v) is 4.06. The minimum Gasteiger partial charge on any atom is -0.460 e. The van der Waals surface area contributed by atoms with Gasteiger partial charge < -0.3 is 20.7 Å². The van der Waals surface area contributed by atoms with Gasteiger partial charge in [0, 0.05) is 12.1 Å². The summed E-state index contributed by atoms with van der Waals surface area (Å²) in [5.41, 5.74) is 4.09. The van der Waals surface area contributed by atoms with Crippen molar-refractivity contribution >= 4 is 11.7 Å². The van der Waals surface area contributed by atoms with E-state index in [2.05, 4.69) is 0 Å².